The first-order valence-corrected chi connectivity index (χ1v) is 7.35. The Bertz CT molecular complexity index is 552. The Hall–Kier alpha value is -1.79. The third-order valence-corrected chi connectivity index (χ3v) is 3.56. The van der Waals surface area contributed by atoms with Gasteiger partial charge in [-0.15, -0.1) is 0 Å². The second kappa shape index (κ2) is 6.78. The summed E-state index contributed by atoms with van der Waals surface area (Å²) in [7, 11) is 2.04. The monoisotopic (exact) mass is 288 g/mol. The molecule has 0 unspecified atom stereocenters. The summed E-state index contributed by atoms with van der Waals surface area (Å²) in [6, 6.07) is 5.64. The molecule has 1 saturated heterocycles. The van der Waals surface area contributed by atoms with Crippen LogP contribution in [0.2, 0.25) is 0 Å². The Kier molecular flexibility index (Phi) is 4.57. The lowest BCUT2D eigenvalue weighted by Crippen LogP contribution is -2.33. The van der Waals surface area contributed by atoms with Crippen molar-refractivity contribution in [3.8, 4) is 11.5 Å². The van der Waals surface area contributed by atoms with E-state index >= 15 is 0 Å². The van der Waals surface area contributed by atoms with E-state index in [1.807, 2.05) is 25.2 Å². The Morgan fingerprint density at radius 1 is 1.33 bits per heavy atom. The van der Waals surface area contributed by atoms with Gasteiger partial charge in [0.15, 0.2) is 0 Å². The van der Waals surface area contributed by atoms with Crippen LogP contribution in [-0.2, 0) is 11.3 Å². The molecule has 0 bridgehead atoms. The second-order valence-corrected chi connectivity index (χ2v) is 5.41. The van der Waals surface area contributed by atoms with Gasteiger partial charge >= 0.3 is 0 Å². The zero-order valence-corrected chi connectivity index (χ0v) is 12.2. The molecule has 0 aliphatic carbocycles. The van der Waals surface area contributed by atoms with E-state index in [-0.39, 0.29) is 0 Å². The summed E-state index contributed by atoms with van der Waals surface area (Å²) in [5, 5.41) is 3.98. The number of rotatable bonds is 5. The second-order valence-electron chi connectivity index (χ2n) is 5.41. The molecule has 6 nitrogen and oxygen atoms in total. The molecule has 3 rings (SSSR count). The number of hydrogen-bond donors (Lipinski definition) is 0. The van der Waals surface area contributed by atoms with Gasteiger partial charge in [-0.2, -0.15) is 4.98 Å². The fourth-order valence-electron chi connectivity index (χ4n) is 2.51. The predicted octanol–water partition coefficient (Wildman–Crippen LogP) is 2.13. The molecule has 0 amide bonds. The van der Waals surface area contributed by atoms with Gasteiger partial charge in [0.25, 0.3) is 0 Å². The lowest BCUT2D eigenvalue weighted by atomic mass is 10.1. The first-order chi connectivity index (χ1) is 10.3. The van der Waals surface area contributed by atoms with Gasteiger partial charge in [-0.25, -0.2) is 0 Å². The molecular weight excluding hydrogens is 268 g/mol. The van der Waals surface area contributed by atoms with Crippen molar-refractivity contribution >= 4 is 0 Å². The van der Waals surface area contributed by atoms with Crippen LogP contribution in [0, 0.1) is 0 Å². The number of nitrogens with zero attached hydrogens (tertiary/aromatic N) is 4. The Morgan fingerprint density at radius 2 is 2.29 bits per heavy atom. The van der Waals surface area contributed by atoms with Gasteiger partial charge in [0, 0.05) is 19.3 Å². The largest absolute Gasteiger partial charge is 0.377 e. The van der Waals surface area contributed by atoms with Crippen molar-refractivity contribution in [2.45, 2.75) is 31.9 Å². The maximum atomic E-state index is 5.74. The van der Waals surface area contributed by atoms with Crippen LogP contribution < -0.4 is 0 Å². The predicted molar refractivity (Wildman–Crippen MR) is 77.5 cm³/mol. The Balaban J connectivity index is 1.56. The molecule has 1 aliphatic rings. The van der Waals surface area contributed by atoms with E-state index in [4.69, 9.17) is 9.26 Å². The molecule has 0 aromatic carbocycles. The van der Waals surface area contributed by atoms with E-state index in [1.165, 1.54) is 12.8 Å². The molecule has 21 heavy (non-hydrogen) atoms. The van der Waals surface area contributed by atoms with E-state index in [9.17, 15) is 0 Å². The molecular formula is C15H20N4O2. The molecule has 2 aromatic rings. The van der Waals surface area contributed by atoms with Crippen LogP contribution in [0.5, 0.6) is 0 Å². The van der Waals surface area contributed by atoms with Crippen molar-refractivity contribution < 1.29 is 9.26 Å². The van der Waals surface area contributed by atoms with Gasteiger partial charge in [0.2, 0.25) is 11.7 Å². The third-order valence-electron chi connectivity index (χ3n) is 3.56. The van der Waals surface area contributed by atoms with Crippen molar-refractivity contribution in [1.29, 1.82) is 0 Å². The topological polar surface area (TPSA) is 64.3 Å². The van der Waals surface area contributed by atoms with Crippen LogP contribution in [0.25, 0.3) is 11.5 Å². The SMILES string of the molecule is CN(Cc1nc(-c2ccccn2)no1)C[C@H]1CCCCO1. The number of pyridine rings is 1. The van der Waals surface area contributed by atoms with Crippen molar-refractivity contribution in [2.24, 2.45) is 0 Å². The average molecular weight is 288 g/mol. The number of likely N-dealkylation sites (N-methyl/N-ethyl adjacent to an activating group) is 1. The maximum absolute atomic E-state index is 5.74. The fourth-order valence-corrected chi connectivity index (χ4v) is 2.51. The molecule has 6 heteroatoms. The van der Waals surface area contributed by atoms with Gasteiger partial charge in [0.05, 0.1) is 12.6 Å². The smallest absolute Gasteiger partial charge is 0.241 e. The minimum atomic E-state index is 0.321. The highest BCUT2D eigenvalue weighted by Crippen LogP contribution is 2.15. The zero-order chi connectivity index (χ0) is 14.5. The van der Waals surface area contributed by atoms with Crippen molar-refractivity contribution in [3.63, 3.8) is 0 Å². The fraction of sp³-hybridized carbons (Fsp3) is 0.533. The highest BCUT2D eigenvalue weighted by molar-refractivity contribution is 5.46. The van der Waals surface area contributed by atoms with Crippen molar-refractivity contribution in [3.05, 3.63) is 30.3 Å². The first-order valence-electron chi connectivity index (χ1n) is 7.35. The summed E-state index contributed by atoms with van der Waals surface area (Å²) in [5.41, 5.74) is 0.728. The first kappa shape index (κ1) is 14.2. The molecule has 0 saturated carbocycles. The highest BCUT2D eigenvalue weighted by Gasteiger charge is 2.17. The summed E-state index contributed by atoms with van der Waals surface area (Å²) < 4.78 is 11.0. The van der Waals surface area contributed by atoms with Crippen LogP contribution in [0.4, 0.5) is 0 Å². The Labute approximate surface area is 124 Å². The zero-order valence-electron chi connectivity index (χ0n) is 12.2. The summed E-state index contributed by atoms with van der Waals surface area (Å²) >= 11 is 0. The van der Waals surface area contributed by atoms with Crippen molar-refractivity contribution in [1.82, 2.24) is 20.0 Å². The average Bonchev–Trinajstić information content (AvgIpc) is 2.97. The lowest BCUT2D eigenvalue weighted by molar-refractivity contribution is -0.00382. The summed E-state index contributed by atoms with van der Waals surface area (Å²) in [5.74, 6) is 1.14. The van der Waals surface area contributed by atoms with E-state index in [2.05, 4.69) is 20.0 Å². The van der Waals surface area contributed by atoms with Gasteiger partial charge in [0.1, 0.15) is 5.69 Å². The summed E-state index contributed by atoms with van der Waals surface area (Å²) in [6.07, 6.45) is 5.60. The maximum Gasteiger partial charge on any atom is 0.241 e. The standard InChI is InChI=1S/C15H20N4O2/c1-19(10-12-6-3-5-9-20-12)11-14-17-15(18-21-14)13-7-2-4-8-16-13/h2,4,7-8,12H,3,5-6,9-11H2,1H3/t12-/m1/s1. The van der Waals surface area contributed by atoms with Crippen molar-refractivity contribution in [2.75, 3.05) is 20.2 Å². The molecule has 0 N–H and O–H groups in total. The van der Waals surface area contributed by atoms with Crippen LogP contribution in [-0.4, -0.2) is 46.3 Å². The molecule has 1 atom stereocenters. The molecule has 3 heterocycles. The van der Waals surface area contributed by atoms with Gasteiger partial charge in [-0.05, 0) is 38.4 Å². The molecule has 0 spiro atoms. The normalized spacial score (nSPS) is 19.0. The Morgan fingerprint density at radius 3 is 3.05 bits per heavy atom. The van der Waals surface area contributed by atoms with Gasteiger partial charge in [-0.3, -0.25) is 9.88 Å². The van der Waals surface area contributed by atoms with E-state index < -0.39 is 0 Å². The van der Waals surface area contributed by atoms with E-state index in [0.29, 0.717) is 24.4 Å². The molecule has 2 aromatic heterocycles. The lowest BCUT2D eigenvalue weighted by Gasteiger charge is -2.26. The van der Waals surface area contributed by atoms with Gasteiger partial charge in [-0.1, -0.05) is 11.2 Å². The summed E-state index contributed by atoms with van der Waals surface area (Å²) in [6.45, 7) is 2.39. The number of aromatic nitrogens is 3. The van der Waals surface area contributed by atoms with E-state index in [0.717, 1.165) is 25.3 Å². The number of ether oxygens (including phenoxy) is 1. The third kappa shape index (κ3) is 3.86. The van der Waals surface area contributed by atoms with E-state index in [1.54, 1.807) is 6.20 Å². The highest BCUT2D eigenvalue weighted by atomic mass is 16.5. The molecule has 0 radical (unpaired) electrons. The van der Waals surface area contributed by atoms with Crippen LogP contribution in [0.1, 0.15) is 25.2 Å². The molecule has 1 fully saturated rings. The van der Waals surface area contributed by atoms with Crippen LogP contribution in [0.15, 0.2) is 28.9 Å². The summed E-state index contributed by atoms with van der Waals surface area (Å²) in [4.78, 5) is 10.8. The van der Waals surface area contributed by atoms with Crippen LogP contribution in [0.3, 0.4) is 0 Å². The minimum Gasteiger partial charge on any atom is -0.377 e. The van der Waals surface area contributed by atoms with Gasteiger partial charge < -0.3 is 9.26 Å². The minimum absolute atomic E-state index is 0.321. The molecule has 112 valence electrons. The van der Waals surface area contributed by atoms with Crippen LogP contribution >= 0.6 is 0 Å². The molecule has 1 aliphatic heterocycles. The quantitative estimate of drug-likeness (QED) is 0.840. The number of hydrogen-bond acceptors (Lipinski definition) is 6.